The fraction of sp³-hybridized carbons (Fsp3) is 0.533. The van der Waals surface area contributed by atoms with Gasteiger partial charge in [0.15, 0.2) is 0 Å². The van der Waals surface area contributed by atoms with E-state index >= 15 is 0 Å². The second kappa shape index (κ2) is 11.9. The van der Waals surface area contributed by atoms with Crippen molar-refractivity contribution < 1.29 is 22.6 Å². The van der Waals surface area contributed by atoms with E-state index in [9.17, 15) is 22.6 Å². The molecule has 2 aromatic rings. The SMILES string of the molecule is CCCCP(CCCC)(CCCC)(CCCC)c1c(S(=O)(=O)O)ccc2c1C(=O)c1ccccc1C2=O. The summed E-state index contributed by atoms with van der Waals surface area (Å²) < 4.78 is 36.7. The van der Waals surface area contributed by atoms with Crippen molar-refractivity contribution in [3.63, 3.8) is 0 Å². The third-order valence-electron chi connectivity index (χ3n) is 8.33. The van der Waals surface area contributed by atoms with E-state index < -0.39 is 16.7 Å². The summed E-state index contributed by atoms with van der Waals surface area (Å²) in [5, 5.41) is 0.530. The Morgan fingerprint density at radius 2 is 1.08 bits per heavy atom. The molecule has 0 saturated carbocycles. The summed E-state index contributed by atoms with van der Waals surface area (Å²) in [4.78, 5) is 27.8. The third-order valence-corrected chi connectivity index (χ3v) is 17.1. The topological polar surface area (TPSA) is 88.5 Å². The summed E-state index contributed by atoms with van der Waals surface area (Å²) in [6.45, 7) is 5.39. The molecule has 0 aromatic heterocycles. The van der Waals surface area contributed by atoms with Gasteiger partial charge in [-0.1, -0.05) is 0 Å². The molecule has 204 valence electrons. The third kappa shape index (κ3) is 5.48. The standard InChI is InChI=1S/C30H43O5PS/c1-5-9-19-36(20-10-6-2,21-11-7-3,22-12-8-4)30-26(37(33,34)35)18-17-25-27(30)29(32)24-16-14-13-15-23(24)28(25)31/h13-18H,5-12,19-22H2,1-4H3,(H,33,34,35). The first-order chi connectivity index (χ1) is 17.6. The Hall–Kier alpha value is -1.88. The zero-order valence-corrected chi connectivity index (χ0v) is 24.6. The van der Waals surface area contributed by atoms with Crippen LogP contribution < -0.4 is 5.30 Å². The van der Waals surface area contributed by atoms with E-state index in [1.165, 1.54) is 12.1 Å². The fourth-order valence-electron chi connectivity index (χ4n) is 6.39. The average molecular weight is 547 g/mol. The molecule has 0 unspecified atom stereocenters. The second-order valence-corrected chi connectivity index (χ2v) is 18.4. The van der Waals surface area contributed by atoms with Crippen molar-refractivity contribution in [3.05, 3.63) is 58.7 Å². The van der Waals surface area contributed by atoms with Crippen molar-refractivity contribution in [2.45, 2.75) is 84.0 Å². The van der Waals surface area contributed by atoms with Gasteiger partial charge in [-0.05, 0) is 0 Å². The molecule has 0 atom stereocenters. The molecule has 1 aliphatic carbocycles. The predicted molar refractivity (Wildman–Crippen MR) is 155 cm³/mol. The van der Waals surface area contributed by atoms with Gasteiger partial charge in [0.1, 0.15) is 0 Å². The number of unbranched alkanes of at least 4 members (excludes halogenated alkanes) is 4. The summed E-state index contributed by atoms with van der Waals surface area (Å²) >= 11 is 0. The molecular weight excluding hydrogens is 503 g/mol. The van der Waals surface area contributed by atoms with Gasteiger partial charge in [-0.15, -0.1) is 0 Å². The minimum absolute atomic E-state index is 0.149. The van der Waals surface area contributed by atoms with Crippen LogP contribution in [0.25, 0.3) is 0 Å². The summed E-state index contributed by atoms with van der Waals surface area (Å²) in [6.07, 6.45) is 10.8. The Morgan fingerprint density at radius 3 is 1.49 bits per heavy atom. The van der Waals surface area contributed by atoms with Crippen molar-refractivity contribution in [1.82, 2.24) is 0 Å². The van der Waals surface area contributed by atoms with Crippen LogP contribution in [0.3, 0.4) is 0 Å². The van der Waals surface area contributed by atoms with Gasteiger partial charge in [0.2, 0.25) is 0 Å². The molecular formula is C30H43O5PS. The van der Waals surface area contributed by atoms with Crippen LogP contribution >= 0.6 is 6.60 Å². The number of benzene rings is 2. The number of fused-ring (bicyclic) bond motifs is 2. The average Bonchev–Trinajstić information content (AvgIpc) is 2.90. The van der Waals surface area contributed by atoms with Gasteiger partial charge in [-0.25, -0.2) is 0 Å². The second-order valence-electron chi connectivity index (χ2n) is 10.8. The molecule has 0 heterocycles. The van der Waals surface area contributed by atoms with E-state index in [0.717, 1.165) is 76.0 Å². The van der Waals surface area contributed by atoms with Gasteiger partial charge < -0.3 is 0 Å². The Kier molecular flexibility index (Phi) is 9.53. The normalized spacial score (nSPS) is 14.7. The van der Waals surface area contributed by atoms with E-state index in [0.29, 0.717) is 16.4 Å². The quantitative estimate of drug-likeness (QED) is 0.172. The van der Waals surface area contributed by atoms with Crippen LogP contribution in [0.4, 0.5) is 0 Å². The number of carbonyl (C=O) groups excluding carboxylic acids is 2. The number of carbonyl (C=O) groups is 2. The summed E-state index contributed by atoms with van der Waals surface area (Å²) in [6, 6.07) is 9.66. The predicted octanol–water partition coefficient (Wildman–Crippen LogP) is 7.09. The Balaban J connectivity index is 2.57. The molecule has 37 heavy (non-hydrogen) atoms. The van der Waals surface area contributed by atoms with Crippen LogP contribution in [-0.2, 0) is 10.1 Å². The van der Waals surface area contributed by atoms with Crippen LogP contribution in [-0.4, -0.2) is 49.2 Å². The van der Waals surface area contributed by atoms with E-state index in [-0.39, 0.29) is 27.6 Å². The van der Waals surface area contributed by atoms with E-state index in [4.69, 9.17) is 0 Å². The molecule has 0 saturated heterocycles. The molecule has 3 rings (SSSR count). The van der Waals surface area contributed by atoms with Crippen molar-refractivity contribution in [1.29, 1.82) is 0 Å². The fourth-order valence-corrected chi connectivity index (χ4v) is 16.5. The monoisotopic (exact) mass is 546 g/mol. The van der Waals surface area contributed by atoms with E-state index in [1.54, 1.807) is 24.3 Å². The summed E-state index contributed by atoms with van der Waals surface area (Å²) in [7, 11) is -4.64. The Morgan fingerprint density at radius 1 is 0.649 bits per heavy atom. The van der Waals surface area contributed by atoms with Gasteiger partial charge >= 0.3 is 223 Å². The zero-order valence-electron chi connectivity index (χ0n) is 22.9. The molecule has 0 spiro atoms. The van der Waals surface area contributed by atoms with Crippen molar-refractivity contribution >= 4 is 33.6 Å². The van der Waals surface area contributed by atoms with Crippen LogP contribution in [0.2, 0.25) is 0 Å². The number of ketones is 2. The molecule has 2 aromatic carbocycles. The van der Waals surface area contributed by atoms with Gasteiger partial charge in [0.05, 0.1) is 0 Å². The van der Waals surface area contributed by atoms with Gasteiger partial charge in [0.25, 0.3) is 0 Å². The summed E-state index contributed by atoms with van der Waals surface area (Å²) in [5.41, 5.74) is 1.20. The number of hydrogen-bond acceptors (Lipinski definition) is 4. The first-order valence-corrected chi connectivity index (χ1v) is 18.4. The molecule has 1 aliphatic rings. The van der Waals surface area contributed by atoms with Crippen molar-refractivity contribution in [2.75, 3.05) is 24.6 Å². The van der Waals surface area contributed by atoms with E-state index in [2.05, 4.69) is 27.7 Å². The van der Waals surface area contributed by atoms with Crippen molar-refractivity contribution in [2.24, 2.45) is 0 Å². The first kappa shape index (κ1) is 29.7. The van der Waals surface area contributed by atoms with E-state index in [1.807, 2.05) is 0 Å². The summed E-state index contributed by atoms with van der Waals surface area (Å²) in [5.74, 6) is -0.539. The molecule has 0 bridgehead atoms. The Bertz CT molecular complexity index is 1220. The maximum atomic E-state index is 14.2. The molecule has 1 N–H and O–H groups in total. The minimum atomic E-state index is -4.64. The van der Waals surface area contributed by atoms with Crippen LogP contribution in [0.5, 0.6) is 0 Å². The number of rotatable bonds is 14. The molecule has 7 heteroatoms. The maximum absolute atomic E-state index is 14.2. The molecule has 5 nitrogen and oxygen atoms in total. The first-order valence-electron chi connectivity index (χ1n) is 13.9. The molecule has 0 fully saturated rings. The van der Waals surface area contributed by atoms with Gasteiger partial charge in [-0.3, -0.25) is 0 Å². The zero-order chi connectivity index (χ0) is 27.3. The molecule has 0 aliphatic heterocycles. The van der Waals surface area contributed by atoms with Crippen molar-refractivity contribution in [3.8, 4) is 0 Å². The van der Waals surface area contributed by atoms with Crippen LogP contribution in [0.1, 0.15) is 111 Å². The van der Waals surface area contributed by atoms with Crippen LogP contribution in [0, 0.1) is 0 Å². The Labute approximate surface area is 223 Å². The van der Waals surface area contributed by atoms with Gasteiger partial charge in [-0.2, -0.15) is 0 Å². The van der Waals surface area contributed by atoms with Gasteiger partial charge in [0, 0.05) is 0 Å². The molecule has 0 radical (unpaired) electrons. The molecule has 0 amide bonds. The van der Waals surface area contributed by atoms with Crippen LogP contribution in [0.15, 0.2) is 41.3 Å². The number of hydrogen-bond donors (Lipinski definition) is 1.